The van der Waals surface area contributed by atoms with Gasteiger partial charge in [0.15, 0.2) is 0 Å². The minimum atomic E-state index is -0.324. The maximum absolute atomic E-state index is 13.7. The molecule has 0 spiro atoms. The lowest BCUT2D eigenvalue weighted by atomic mass is 10.00. The fraction of sp³-hybridized carbons (Fsp3) is 0.250. The van der Waals surface area contributed by atoms with E-state index in [2.05, 4.69) is 38.2 Å². The Morgan fingerprint density at radius 3 is 2.32 bits per heavy atom. The van der Waals surface area contributed by atoms with Crippen LogP contribution in [-0.2, 0) is 6.54 Å². The molecule has 0 radical (unpaired) electrons. The standard InChI is InChI=1S/C16H17ClFN/c1-10-7-11(2)13(12(3)8-10)9-19-16-14(17)5-4-6-15(16)18/h4-8,19H,9H2,1-3H3. The Morgan fingerprint density at radius 1 is 1.11 bits per heavy atom. The van der Waals surface area contributed by atoms with Crippen LogP contribution in [0.1, 0.15) is 22.3 Å². The maximum Gasteiger partial charge on any atom is 0.147 e. The summed E-state index contributed by atoms with van der Waals surface area (Å²) in [5.41, 5.74) is 5.20. The monoisotopic (exact) mass is 277 g/mol. The van der Waals surface area contributed by atoms with Gasteiger partial charge >= 0.3 is 0 Å². The zero-order valence-electron chi connectivity index (χ0n) is 11.3. The average molecular weight is 278 g/mol. The predicted octanol–water partition coefficient (Wildman–Crippen LogP) is 5.02. The van der Waals surface area contributed by atoms with Gasteiger partial charge in [-0.2, -0.15) is 0 Å². The molecule has 0 amide bonds. The van der Waals surface area contributed by atoms with Gasteiger partial charge in [0.05, 0.1) is 10.7 Å². The molecule has 3 heteroatoms. The van der Waals surface area contributed by atoms with Crippen molar-refractivity contribution in [2.45, 2.75) is 27.3 Å². The van der Waals surface area contributed by atoms with E-state index < -0.39 is 0 Å². The Morgan fingerprint density at radius 2 is 1.74 bits per heavy atom. The molecule has 19 heavy (non-hydrogen) atoms. The minimum Gasteiger partial charge on any atom is -0.377 e. The predicted molar refractivity (Wildman–Crippen MR) is 79.4 cm³/mol. The van der Waals surface area contributed by atoms with Crippen LogP contribution in [0, 0.1) is 26.6 Å². The van der Waals surface area contributed by atoms with Crippen LogP contribution in [-0.4, -0.2) is 0 Å². The highest BCUT2D eigenvalue weighted by molar-refractivity contribution is 6.33. The largest absolute Gasteiger partial charge is 0.377 e. The Bertz CT molecular complexity index is 564. The third kappa shape index (κ3) is 3.07. The van der Waals surface area contributed by atoms with Crippen molar-refractivity contribution in [3.8, 4) is 0 Å². The van der Waals surface area contributed by atoms with Gasteiger partial charge in [-0.3, -0.25) is 0 Å². The third-order valence-electron chi connectivity index (χ3n) is 3.25. The topological polar surface area (TPSA) is 12.0 Å². The number of aryl methyl sites for hydroxylation is 3. The number of hydrogen-bond donors (Lipinski definition) is 1. The summed E-state index contributed by atoms with van der Waals surface area (Å²) in [7, 11) is 0. The molecule has 2 aromatic rings. The maximum atomic E-state index is 13.7. The van der Waals surface area contributed by atoms with Gasteiger partial charge in [0, 0.05) is 6.54 Å². The summed E-state index contributed by atoms with van der Waals surface area (Å²) in [5, 5.41) is 3.50. The Hall–Kier alpha value is -1.54. The number of rotatable bonds is 3. The fourth-order valence-electron chi connectivity index (χ4n) is 2.33. The summed E-state index contributed by atoms with van der Waals surface area (Å²) in [5.74, 6) is -0.324. The van der Waals surface area contributed by atoms with E-state index in [1.165, 1.54) is 28.3 Å². The van der Waals surface area contributed by atoms with Crippen molar-refractivity contribution in [1.82, 2.24) is 0 Å². The summed E-state index contributed by atoms with van der Waals surface area (Å²) in [6.07, 6.45) is 0. The quantitative estimate of drug-likeness (QED) is 0.831. The van der Waals surface area contributed by atoms with Gasteiger partial charge in [-0.25, -0.2) is 4.39 Å². The molecule has 2 rings (SSSR count). The zero-order valence-corrected chi connectivity index (χ0v) is 12.1. The van der Waals surface area contributed by atoms with Crippen LogP contribution in [0.4, 0.5) is 10.1 Å². The second kappa shape index (κ2) is 5.62. The number of anilines is 1. The molecule has 0 atom stereocenters. The molecule has 100 valence electrons. The van der Waals surface area contributed by atoms with Gasteiger partial charge in [-0.05, 0) is 49.6 Å². The number of halogens is 2. The molecule has 0 aliphatic rings. The Balaban J connectivity index is 2.24. The second-order valence-electron chi connectivity index (χ2n) is 4.83. The van der Waals surface area contributed by atoms with Gasteiger partial charge < -0.3 is 5.32 Å². The van der Waals surface area contributed by atoms with Gasteiger partial charge in [0.25, 0.3) is 0 Å². The normalized spacial score (nSPS) is 10.6. The summed E-state index contributed by atoms with van der Waals surface area (Å²) in [4.78, 5) is 0. The lowest BCUT2D eigenvalue weighted by Gasteiger charge is -2.14. The first kappa shape index (κ1) is 13.9. The third-order valence-corrected chi connectivity index (χ3v) is 3.56. The van der Waals surface area contributed by atoms with Gasteiger partial charge in [0.2, 0.25) is 0 Å². The van der Waals surface area contributed by atoms with Crippen LogP contribution < -0.4 is 5.32 Å². The second-order valence-corrected chi connectivity index (χ2v) is 5.23. The minimum absolute atomic E-state index is 0.324. The highest BCUT2D eigenvalue weighted by atomic mass is 35.5. The van der Waals surface area contributed by atoms with Crippen LogP contribution in [0.2, 0.25) is 5.02 Å². The molecular weight excluding hydrogens is 261 g/mol. The molecule has 1 nitrogen and oxygen atoms in total. The lowest BCUT2D eigenvalue weighted by molar-refractivity contribution is 0.630. The molecule has 0 saturated heterocycles. The Kier molecular flexibility index (Phi) is 4.11. The number of benzene rings is 2. The van der Waals surface area contributed by atoms with E-state index in [-0.39, 0.29) is 5.82 Å². The number of nitrogens with one attached hydrogen (secondary N) is 1. The SMILES string of the molecule is Cc1cc(C)c(CNc2c(F)cccc2Cl)c(C)c1. The van der Waals surface area contributed by atoms with Crippen molar-refractivity contribution in [3.63, 3.8) is 0 Å². The first-order valence-corrected chi connectivity index (χ1v) is 6.61. The number of hydrogen-bond acceptors (Lipinski definition) is 1. The van der Waals surface area contributed by atoms with Crippen LogP contribution in [0.5, 0.6) is 0 Å². The van der Waals surface area contributed by atoms with Crippen LogP contribution in [0.15, 0.2) is 30.3 Å². The highest BCUT2D eigenvalue weighted by Crippen LogP contribution is 2.26. The molecule has 0 heterocycles. The summed E-state index contributed by atoms with van der Waals surface area (Å²) < 4.78 is 13.7. The van der Waals surface area contributed by atoms with Gasteiger partial charge in [-0.1, -0.05) is 35.4 Å². The van der Waals surface area contributed by atoms with Gasteiger partial charge in [-0.15, -0.1) is 0 Å². The smallest absolute Gasteiger partial charge is 0.147 e. The van der Waals surface area contributed by atoms with Crippen LogP contribution in [0.25, 0.3) is 0 Å². The summed E-state index contributed by atoms with van der Waals surface area (Å²) >= 11 is 6.00. The van der Waals surface area contributed by atoms with E-state index in [9.17, 15) is 4.39 Å². The first-order valence-electron chi connectivity index (χ1n) is 6.23. The average Bonchev–Trinajstić information content (AvgIpc) is 2.31. The van der Waals surface area contributed by atoms with Crippen molar-refractivity contribution in [3.05, 3.63) is 63.4 Å². The van der Waals surface area contributed by atoms with E-state index in [1.807, 2.05) is 0 Å². The highest BCUT2D eigenvalue weighted by Gasteiger charge is 2.08. The van der Waals surface area contributed by atoms with Crippen molar-refractivity contribution in [1.29, 1.82) is 0 Å². The molecule has 0 fully saturated rings. The van der Waals surface area contributed by atoms with Crippen molar-refractivity contribution in [2.75, 3.05) is 5.32 Å². The zero-order chi connectivity index (χ0) is 14.0. The van der Waals surface area contributed by atoms with Crippen molar-refractivity contribution < 1.29 is 4.39 Å². The Labute approximate surface area is 118 Å². The van der Waals surface area contributed by atoms with Crippen molar-refractivity contribution >= 4 is 17.3 Å². The summed E-state index contributed by atoms with van der Waals surface area (Å²) in [6.45, 7) is 6.78. The van der Waals surface area contributed by atoms with E-state index in [4.69, 9.17) is 11.6 Å². The molecule has 1 N–H and O–H groups in total. The van der Waals surface area contributed by atoms with Gasteiger partial charge in [0.1, 0.15) is 5.82 Å². The molecule has 0 saturated carbocycles. The van der Waals surface area contributed by atoms with E-state index in [1.54, 1.807) is 12.1 Å². The molecular formula is C16H17ClFN. The lowest BCUT2D eigenvalue weighted by Crippen LogP contribution is -2.05. The van der Waals surface area contributed by atoms with E-state index >= 15 is 0 Å². The molecule has 0 aromatic heterocycles. The van der Waals surface area contributed by atoms with Crippen LogP contribution in [0.3, 0.4) is 0 Å². The molecule has 0 aliphatic heterocycles. The van der Waals surface area contributed by atoms with E-state index in [0.717, 1.165) is 0 Å². The molecule has 2 aromatic carbocycles. The molecule has 0 bridgehead atoms. The van der Waals surface area contributed by atoms with Crippen molar-refractivity contribution in [2.24, 2.45) is 0 Å². The van der Waals surface area contributed by atoms with Crippen LogP contribution >= 0.6 is 11.6 Å². The first-order chi connectivity index (χ1) is 8.99. The molecule has 0 unspecified atom stereocenters. The molecule has 0 aliphatic carbocycles. The summed E-state index contributed by atoms with van der Waals surface area (Å²) in [6, 6.07) is 8.95. The fourth-order valence-corrected chi connectivity index (χ4v) is 2.56. The number of para-hydroxylation sites is 1. The van der Waals surface area contributed by atoms with E-state index in [0.29, 0.717) is 17.3 Å².